The highest BCUT2D eigenvalue weighted by atomic mass is 16.5. The van der Waals surface area contributed by atoms with Gasteiger partial charge in [-0.05, 0) is 17.2 Å². The summed E-state index contributed by atoms with van der Waals surface area (Å²) in [4.78, 5) is 24.5. The number of ketones is 1. The van der Waals surface area contributed by atoms with Crippen LogP contribution in [0.5, 0.6) is 0 Å². The topological polar surface area (TPSA) is 76.4 Å². The zero-order valence-corrected chi connectivity index (χ0v) is 13.9. The molecule has 0 radical (unpaired) electrons. The number of carbonyl (C=O) groups excluding carboxylic acids is 2. The molecule has 5 heteroatoms. The van der Waals surface area contributed by atoms with E-state index in [2.05, 4.69) is 0 Å². The van der Waals surface area contributed by atoms with Crippen molar-refractivity contribution in [2.45, 2.75) is 5.92 Å². The van der Waals surface area contributed by atoms with Crippen LogP contribution < -0.4 is 0 Å². The van der Waals surface area contributed by atoms with Crippen LogP contribution in [0.15, 0.2) is 60.9 Å². The Morgan fingerprint density at radius 1 is 1.04 bits per heavy atom. The fourth-order valence-electron chi connectivity index (χ4n) is 2.40. The van der Waals surface area contributed by atoms with Crippen LogP contribution in [0.3, 0.4) is 0 Å². The van der Waals surface area contributed by atoms with Crippen LogP contribution in [0, 0.1) is 11.3 Å². The third-order valence-corrected chi connectivity index (χ3v) is 3.62. The van der Waals surface area contributed by atoms with Gasteiger partial charge in [-0.3, -0.25) is 4.79 Å². The number of hydrogen-bond donors (Lipinski definition) is 0. The first-order valence-electron chi connectivity index (χ1n) is 7.52. The van der Waals surface area contributed by atoms with Crippen molar-refractivity contribution < 1.29 is 19.1 Å². The molecule has 0 saturated carbocycles. The van der Waals surface area contributed by atoms with Gasteiger partial charge < -0.3 is 9.47 Å². The molecule has 0 N–H and O–H groups in total. The van der Waals surface area contributed by atoms with E-state index in [9.17, 15) is 14.9 Å². The first-order chi connectivity index (χ1) is 12.1. The third kappa shape index (κ3) is 4.12. The lowest BCUT2D eigenvalue weighted by molar-refractivity contribution is -0.133. The van der Waals surface area contributed by atoms with E-state index in [1.807, 2.05) is 6.07 Å². The van der Waals surface area contributed by atoms with Crippen molar-refractivity contribution in [3.8, 4) is 6.07 Å². The molecule has 126 valence electrons. The van der Waals surface area contributed by atoms with Crippen LogP contribution in [-0.2, 0) is 14.3 Å². The molecule has 0 aromatic heterocycles. The van der Waals surface area contributed by atoms with E-state index in [0.717, 1.165) is 0 Å². The zero-order valence-electron chi connectivity index (χ0n) is 13.9. The van der Waals surface area contributed by atoms with Gasteiger partial charge in [0.05, 0.1) is 26.6 Å². The molecule has 0 saturated heterocycles. The Kier molecular flexibility index (Phi) is 6.08. The molecule has 2 aromatic rings. The summed E-state index contributed by atoms with van der Waals surface area (Å²) in [5.74, 6) is -1.83. The second kappa shape index (κ2) is 8.46. The van der Waals surface area contributed by atoms with Gasteiger partial charge in [0.1, 0.15) is 11.5 Å². The van der Waals surface area contributed by atoms with Gasteiger partial charge in [0, 0.05) is 5.56 Å². The minimum absolute atomic E-state index is 0.204. The number of Topliss-reactive ketones (excluding diaryl/α,β-unsaturated/α-hetero) is 1. The molecule has 0 bridgehead atoms. The van der Waals surface area contributed by atoms with E-state index < -0.39 is 11.9 Å². The number of esters is 1. The van der Waals surface area contributed by atoms with Crippen LogP contribution in [0.2, 0.25) is 0 Å². The number of carbonyl (C=O) groups is 2. The Morgan fingerprint density at radius 3 is 2.32 bits per heavy atom. The molecule has 0 fully saturated rings. The lowest BCUT2D eigenvalue weighted by atomic mass is 9.90. The largest absolute Gasteiger partial charge is 0.503 e. The lowest BCUT2D eigenvalue weighted by Gasteiger charge is -2.11. The van der Waals surface area contributed by atoms with Crippen molar-refractivity contribution >= 4 is 17.3 Å². The molecule has 0 heterocycles. The van der Waals surface area contributed by atoms with Gasteiger partial charge in [0.15, 0.2) is 5.78 Å². The SMILES string of the molecule is COC=C(C(=O)OC)c1cccc(C(C#N)C(=O)c2ccccc2)c1. The molecule has 2 aromatic carbocycles. The van der Waals surface area contributed by atoms with E-state index in [4.69, 9.17) is 9.47 Å². The van der Waals surface area contributed by atoms with Gasteiger partial charge in [-0.25, -0.2) is 4.79 Å². The Hall–Kier alpha value is -3.39. The molecular formula is C20H17NO4. The summed E-state index contributed by atoms with van der Waals surface area (Å²) >= 11 is 0. The minimum atomic E-state index is -0.969. The summed E-state index contributed by atoms with van der Waals surface area (Å²) in [6, 6.07) is 17.3. The van der Waals surface area contributed by atoms with Crippen LogP contribution in [0.25, 0.3) is 5.57 Å². The quantitative estimate of drug-likeness (QED) is 0.350. The first-order valence-corrected chi connectivity index (χ1v) is 7.52. The molecule has 1 atom stereocenters. The van der Waals surface area contributed by atoms with Crippen molar-refractivity contribution in [3.05, 3.63) is 77.5 Å². The Labute approximate surface area is 146 Å². The highest BCUT2D eigenvalue weighted by Crippen LogP contribution is 2.25. The fourth-order valence-corrected chi connectivity index (χ4v) is 2.40. The monoisotopic (exact) mass is 335 g/mol. The molecule has 2 rings (SSSR count). The standard InChI is InChI=1S/C20H17NO4/c1-24-13-18(20(23)25-2)16-10-6-9-15(11-16)17(12-21)19(22)14-7-4-3-5-8-14/h3-11,13,17H,1-2H3. The second-order valence-electron chi connectivity index (χ2n) is 5.18. The summed E-state index contributed by atoms with van der Waals surface area (Å²) in [6.45, 7) is 0. The predicted molar refractivity (Wildman–Crippen MR) is 92.6 cm³/mol. The molecule has 0 aliphatic rings. The number of hydrogen-bond acceptors (Lipinski definition) is 5. The molecular weight excluding hydrogens is 318 g/mol. The number of rotatable bonds is 6. The van der Waals surface area contributed by atoms with Gasteiger partial charge in [-0.2, -0.15) is 5.26 Å². The Morgan fingerprint density at radius 2 is 1.72 bits per heavy atom. The van der Waals surface area contributed by atoms with Gasteiger partial charge >= 0.3 is 5.97 Å². The maximum absolute atomic E-state index is 12.6. The average Bonchev–Trinajstić information content (AvgIpc) is 2.67. The summed E-state index contributed by atoms with van der Waals surface area (Å²) < 4.78 is 9.67. The van der Waals surface area contributed by atoms with Crippen molar-refractivity contribution in [1.29, 1.82) is 5.26 Å². The summed E-state index contributed by atoms with van der Waals surface area (Å²) in [7, 11) is 2.69. The summed E-state index contributed by atoms with van der Waals surface area (Å²) in [5, 5.41) is 9.50. The van der Waals surface area contributed by atoms with Gasteiger partial charge in [0.25, 0.3) is 0 Å². The smallest absolute Gasteiger partial charge is 0.341 e. The second-order valence-corrected chi connectivity index (χ2v) is 5.18. The molecule has 0 amide bonds. The van der Waals surface area contributed by atoms with E-state index in [-0.39, 0.29) is 11.4 Å². The summed E-state index contributed by atoms with van der Waals surface area (Å²) in [5.41, 5.74) is 1.67. The average molecular weight is 335 g/mol. The van der Waals surface area contributed by atoms with Crippen LogP contribution in [0.4, 0.5) is 0 Å². The Balaban J connectivity index is 2.42. The molecule has 1 unspecified atom stereocenters. The highest BCUT2D eigenvalue weighted by Gasteiger charge is 2.23. The maximum Gasteiger partial charge on any atom is 0.341 e. The fraction of sp³-hybridized carbons (Fsp3) is 0.150. The van der Waals surface area contributed by atoms with Crippen LogP contribution >= 0.6 is 0 Å². The van der Waals surface area contributed by atoms with Crippen molar-refractivity contribution in [2.24, 2.45) is 0 Å². The normalized spacial score (nSPS) is 12.0. The van der Waals surface area contributed by atoms with Crippen molar-refractivity contribution in [2.75, 3.05) is 14.2 Å². The zero-order chi connectivity index (χ0) is 18.2. The van der Waals surface area contributed by atoms with Crippen molar-refractivity contribution in [3.63, 3.8) is 0 Å². The van der Waals surface area contributed by atoms with E-state index >= 15 is 0 Å². The maximum atomic E-state index is 12.6. The predicted octanol–water partition coefficient (Wildman–Crippen LogP) is 3.34. The Bertz CT molecular complexity index is 834. The minimum Gasteiger partial charge on any atom is -0.503 e. The lowest BCUT2D eigenvalue weighted by Crippen LogP contribution is -2.12. The van der Waals surface area contributed by atoms with E-state index in [1.165, 1.54) is 20.5 Å². The first kappa shape index (κ1) is 18.0. The van der Waals surface area contributed by atoms with Gasteiger partial charge in [-0.1, -0.05) is 48.5 Å². The van der Waals surface area contributed by atoms with Gasteiger partial charge in [0.2, 0.25) is 0 Å². The molecule has 0 spiro atoms. The third-order valence-electron chi connectivity index (χ3n) is 3.62. The van der Waals surface area contributed by atoms with Crippen LogP contribution in [0.1, 0.15) is 27.4 Å². The summed E-state index contributed by atoms with van der Waals surface area (Å²) in [6.07, 6.45) is 1.27. The molecule has 25 heavy (non-hydrogen) atoms. The molecule has 0 aliphatic heterocycles. The number of benzene rings is 2. The van der Waals surface area contributed by atoms with Gasteiger partial charge in [-0.15, -0.1) is 0 Å². The van der Waals surface area contributed by atoms with E-state index in [0.29, 0.717) is 16.7 Å². The van der Waals surface area contributed by atoms with Crippen LogP contribution in [-0.4, -0.2) is 26.0 Å². The number of ether oxygens (including phenoxy) is 2. The number of methoxy groups -OCH3 is 2. The highest BCUT2D eigenvalue weighted by molar-refractivity contribution is 6.16. The van der Waals surface area contributed by atoms with E-state index in [1.54, 1.807) is 54.6 Å². The van der Waals surface area contributed by atoms with Crippen molar-refractivity contribution in [1.82, 2.24) is 0 Å². The molecule has 5 nitrogen and oxygen atoms in total. The number of nitrogens with zero attached hydrogens (tertiary/aromatic N) is 1. The molecule has 0 aliphatic carbocycles. The number of nitriles is 1.